The van der Waals surface area contributed by atoms with E-state index in [1.807, 2.05) is 55.1 Å². The van der Waals surface area contributed by atoms with Crippen LogP contribution in [0.4, 0.5) is 0 Å². The summed E-state index contributed by atoms with van der Waals surface area (Å²) < 4.78 is 9.30. The maximum Gasteiger partial charge on any atom is 0.140 e. The summed E-state index contributed by atoms with van der Waals surface area (Å²) >= 11 is 0. The molecule has 0 aliphatic heterocycles. The van der Waals surface area contributed by atoms with Gasteiger partial charge in [0.15, 0.2) is 0 Å². The molecule has 9 aromatic heterocycles. The maximum atomic E-state index is 5.36. The number of rotatable bonds is 8. The van der Waals surface area contributed by atoms with Crippen molar-refractivity contribution in [2.45, 2.75) is 157 Å². The van der Waals surface area contributed by atoms with Crippen LogP contribution < -0.4 is 0 Å². The van der Waals surface area contributed by atoms with Crippen LogP contribution in [0.5, 0.6) is 0 Å². The third-order valence-corrected chi connectivity index (χ3v) is 25.5. The molecule has 0 amide bonds. The topological polar surface area (TPSA) is 84.2 Å². The molecule has 0 aliphatic rings. The van der Waals surface area contributed by atoms with Gasteiger partial charge in [-0.1, -0.05) is 416 Å². The van der Waals surface area contributed by atoms with Crippen molar-refractivity contribution in [2.24, 2.45) is 0 Å². The van der Waals surface area contributed by atoms with Gasteiger partial charge in [-0.15, -0.1) is 0 Å². The summed E-state index contributed by atoms with van der Waals surface area (Å²) in [6.07, 6.45) is 7.64. The monoisotopic (exact) mass is 1770 g/mol. The number of fused-ring (bicyclic) bond motifs is 12. The van der Waals surface area contributed by atoms with Crippen molar-refractivity contribution in [3.8, 4) is 68.0 Å². The second kappa shape index (κ2) is 38.8. The minimum absolute atomic E-state index is 0.0377. The molecule has 9 heterocycles. The minimum atomic E-state index is -0.0377. The van der Waals surface area contributed by atoms with Gasteiger partial charge in [0.25, 0.3) is 0 Å². The summed E-state index contributed by atoms with van der Waals surface area (Å²) in [4.78, 5) is 23.5. The molecule has 0 atom stereocenters. The molecular formula is C127H123N9. The molecule has 9 heteroatoms. The Labute approximate surface area is 802 Å². The zero-order valence-corrected chi connectivity index (χ0v) is 81.9. The lowest BCUT2D eigenvalue weighted by Gasteiger charge is -2.24. The molecule has 0 unspecified atom stereocenters. The molecule has 0 saturated heterocycles. The molecule has 136 heavy (non-hydrogen) atoms. The van der Waals surface area contributed by atoms with Crippen LogP contribution in [-0.2, 0) is 32.5 Å². The Bertz CT molecular complexity index is 7510. The third kappa shape index (κ3) is 20.0. The molecule has 676 valence electrons. The number of hydrogen-bond donors (Lipinski definition) is 0. The highest BCUT2D eigenvalue weighted by Crippen LogP contribution is 2.43. The second-order valence-electron chi connectivity index (χ2n) is 41.4. The molecule has 0 aliphatic carbocycles. The molecule has 0 N–H and O–H groups in total. The number of pyridine rings is 5. The van der Waals surface area contributed by atoms with Gasteiger partial charge in [-0.05, 0) is 175 Å². The Hall–Kier alpha value is -15.2. The van der Waals surface area contributed by atoms with Gasteiger partial charge < -0.3 is 4.57 Å². The minimum Gasteiger partial charge on any atom is -0.309 e. The van der Waals surface area contributed by atoms with Gasteiger partial charge in [-0.25, -0.2) is 15.0 Å². The van der Waals surface area contributed by atoms with E-state index >= 15 is 0 Å². The van der Waals surface area contributed by atoms with Crippen molar-refractivity contribution < 1.29 is 0 Å². The summed E-state index contributed by atoms with van der Waals surface area (Å²) in [6, 6.07) is 139. The van der Waals surface area contributed by atoms with Crippen molar-refractivity contribution in [1.29, 1.82) is 0 Å². The lowest BCUT2D eigenvalue weighted by Crippen LogP contribution is -2.14. The average Bonchev–Trinajstić information content (AvgIpc) is 1.57. The van der Waals surface area contributed by atoms with E-state index in [-0.39, 0.29) is 32.5 Å². The summed E-state index contributed by atoms with van der Waals surface area (Å²) in [5.41, 5.74) is 28.4. The zero-order valence-electron chi connectivity index (χ0n) is 81.9. The van der Waals surface area contributed by atoms with Crippen molar-refractivity contribution in [1.82, 2.24) is 43.2 Å². The van der Waals surface area contributed by atoms with E-state index in [0.717, 1.165) is 45.7 Å². The van der Waals surface area contributed by atoms with E-state index in [2.05, 4.69) is 517 Å². The van der Waals surface area contributed by atoms with E-state index in [1.165, 1.54) is 143 Å². The Kier molecular flexibility index (Phi) is 26.4. The van der Waals surface area contributed by atoms with E-state index in [9.17, 15) is 0 Å². The predicted octanol–water partition coefficient (Wildman–Crippen LogP) is 33.9. The standard InChI is InChI=1S/C33H27N3.C28H25N.C21H20N2.C21H21N.C15H17N.C9H13N/c1-33(2,3)22-20-31(35-27-16-8-4-12-23(27)24-13-5-9-17-28(24)35)34-32(21-22)36-29-18-10-6-14-25(29)26-15-7-11-19-30(26)36;1-28(2,3)24-16-8-4-12-20(24)21-13-5-9-17-25(21)29-26-18-10-6-14-22(26)23-15-7-11-19-27(23)29;1-21(2,3)15-12-13-20(22-14-15)23-18-10-6-4-8-16(18)17-9-5-7-11-19(17)23;1-21(2,3)18-14-19(16-10-6-4-7-11-16)22-20(15-18)17-12-8-5-9-13-17;1-15(2,3)13-9-10-14(16-11-13)12-7-5-4-6-8-12;1-9(2,3)8-4-6-10-7-5-8/h4-21H,1-3H3;4-19H,1-3H3;4-14H,1-3H3;4-15H,1-3H3;4-11H,1-3H3;4-7H,1-3H3. The van der Waals surface area contributed by atoms with Crippen LogP contribution >= 0.6 is 0 Å². The van der Waals surface area contributed by atoms with Crippen molar-refractivity contribution in [3.63, 3.8) is 0 Å². The Balaban J connectivity index is 0.000000117. The first kappa shape index (κ1) is 92.7. The lowest BCUT2D eigenvalue weighted by atomic mass is 9.81. The highest BCUT2D eigenvalue weighted by atomic mass is 15.1. The van der Waals surface area contributed by atoms with Crippen LogP contribution in [0.15, 0.2) is 419 Å². The summed E-state index contributed by atoms with van der Waals surface area (Å²) in [5, 5.41) is 10.1. The summed E-state index contributed by atoms with van der Waals surface area (Å²) in [5.74, 6) is 2.85. The van der Waals surface area contributed by atoms with Crippen molar-refractivity contribution in [3.05, 3.63) is 452 Å². The van der Waals surface area contributed by atoms with Crippen molar-refractivity contribution >= 4 is 87.2 Å². The highest BCUT2D eigenvalue weighted by Gasteiger charge is 2.27. The fourth-order valence-corrected chi connectivity index (χ4v) is 18.0. The van der Waals surface area contributed by atoms with Crippen LogP contribution in [0, 0.1) is 0 Å². The van der Waals surface area contributed by atoms with Gasteiger partial charge in [-0.2, -0.15) is 0 Å². The van der Waals surface area contributed by atoms with Gasteiger partial charge >= 0.3 is 0 Å². The van der Waals surface area contributed by atoms with Gasteiger partial charge in [-0.3, -0.25) is 23.7 Å². The summed E-state index contributed by atoms with van der Waals surface area (Å²) in [6.45, 7) is 40.2. The lowest BCUT2D eigenvalue weighted by molar-refractivity contribution is 0.587. The van der Waals surface area contributed by atoms with Gasteiger partial charge in [0.1, 0.15) is 17.5 Å². The Morgan fingerprint density at radius 1 is 0.191 bits per heavy atom. The van der Waals surface area contributed by atoms with Gasteiger partial charge in [0.2, 0.25) is 0 Å². The molecule has 9 nitrogen and oxygen atoms in total. The molecule has 22 aromatic rings. The largest absolute Gasteiger partial charge is 0.309 e. The first-order valence-corrected chi connectivity index (χ1v) is 47.5. The number of para-hydroxylation sites is 9. The molecular weight excluding hydrogens is 1650 g/mol. The highest BCUT2D eigenvalue weighted by molar-refractivity contribution is 6.12. The first-order chi connectivity index (χ1) is 65.3. The van der Waals surface area contributed by atoms with Crippen LogP contribution in [0.2, 0.25) is 0 Å². The van der Waals surface area contributed by atoms with Gasteiger partial charge in [0.05, 0.1) is 66.9 Å². The van der Waals surface area contributed by atoms with E-state index in [0.29, 0.717) is 0 Å². The Morgan fingerprint density at radius 2 is 0.478 bits per heavy atom. The quantitative estimate of drug-likeness (QED) is 0.151. The molecule has 0 radical (unpaired) electrons. The third-order valence-electron chi connectivity index (χ3n) is 25.5. The zero-order chi connectivity index (χ0) is 95.3. The fourth-order valence-electron chi connectivity index (χ4n) is 18.0. The molecule has 0 fully saturated rings. The first-order valence-electron chi connectivity index (χ1n) is 47.5. The smallest absolute Gasteiger partial charge is 0.140 e. The molecule has 0 bridgehead atoms. The van der Waals surface area contributed by atoms with Crippen LogP contribution in [0.1, 0.15) is 158 Å². The van der Waals surface area contributed by atoms with E-state index in [1.54, 1.807) is 0 Å². The van der Waals surface area contributed by atoms with Gasteiger partial charge in [0, 0.05) is 90.1 Å². The summed E-state index contributed by atoms with van der Waals surface area (Å²) in [7, 11) is 0. The van der Waals surface area contributed by atoms with E-state index in [4.69, 9.17) is 15.0 Å². The Morgan fingerprint density at radius 3 is 0.801 bits per heavy atom. The second-order valence-corrected chi connectivity index (χ2v) is 41.4. The number of benzene rings is 13. The van der Waals surface area contributed by atoms with Crippen molar-refractivity contribution in [2.75, 3.05) is 0 Å². The average molecular weight is 1780 g/mol. The SMILES string of the molecule is CC(C)(C)c1cc(-c2ccccc2)nc(-c2ccccc2)c1.CC(C)(C)c1cc(-n2c3ccccc3c3ccccc32)nc(-n2c3ccccc3c3ccccc32)c1.CC(C)(C)c1ccc(-c2ccccc2)nc1.CC(C)(C)c1ccc(-n2c3ccccc3c3ccccc32)nc1.CC(C)(C)c1ccccc1-c1ccccc1-n1c2ccccc2c2ccccc21.CC(C)(C)c1ccncc1. The normalized spacial score (nSPS) is 11.9. The molecule has 22 rings (SSSR count). The molecule has 0 saturated carbocycles. The van der Waals surface area contributed by atoms with E-state index < -0.39 is 0 Å². The fraction of sp³-hybridized carbons (Fsp3) is 0.189. The molecule has 13 aromatic carbocycles. The van der Waals surface area contributed by atoms with Crippen LogP contribution in [0.3, 0.4) is 0 Å². The van der Waals surface area contributed by atoms with Crippen LogP contribution in [0.25, 0.3) is 155 Å². The number of nitrogens with zero attached hydrogens (tertiary/aromatic N) is 9. The van der Waals surface area contributed by atoms with Crippen LogP contribution in [-0.4, -0.2) is 43.2 Å². The number of aromatic nitrogens is 9. The number of hydrogen-bond acceptors (Lipinski definition) is 5. The molecule has 0 spiro atoms. The predicted molar refractivity (Wildman–Crippen MR) is 579 cm³/mol. The maximum absolute atomic E-state index is 5.36.